The van der Waals surface area contributed by atoms with Crippen molar-refractivity contribution in [3.05, 3.63) is 53.6 Å². The highest BCUT2D eigenvalue weighted by molar-refractivity contribution is 7.99. The molecule has 3 rings (SSSR count). The molecule has 6 nitrogen and oxygen atoms in total. The topological polar surface area (TPSA) is 87.2 Å². The summed E-state index contributed by atoms with van der Waals surface area (Å²) in [6.07, 6.45) is 0.570. The number of rotatable bonds is 6. The zero-order valence-electron chi connectivity index (χ0n) is 15.2. The summed E-state index contributed by atoms with van der Waals surface area (Å²) in [5.41, 5.74) is 3.17. The minimum atomic E-state index is -3.54. The first-order valence-electron chi connectivity index (χ1n) is 8.24. The molecule has 0 bridgehead atoms. The highest BCUT2D eigenvalue weighted by atomic mass is 32.2. The number of fused-ring (bicyclic) bond motifs is 1. The van der Waals surface area contributed by atoms with E-state index in [1.165, 1.54) is 43.6 Å². The quantitative estimate of drug-likeness (QED) is 0.586. The summed E-state index contributed by atoms with van der Waals surface area (Å²) in [7, 11) is -0.582. The van der Waals surface area contributed by atoms with Crippen LogP contribution in [0, 0.1) is 18.3 Å². The van der Waals surface area contributed by atoms with Crippen molar-refractivity contribution >= 4 is 32.9 Å². The number of oxazole rings is 1. The predicted octanol–water partition coefficient (Wildman–Crippen LogP) is 3.61. The number of sulfonamides is 1. The largest absolute Gasteiger partial charge is 0.431 e. The van der Waals surface area contributed by atoms with Crippen LogP contribution in [-0.4, -0.2) is 37.1 Å². The second kappa shape index (κ2) is 7.72. The average Bonchev–Trinajstić information content (AvgIpc) is 3.04. The zero-order valence-corrected chi connectivity index (χ0v) is 16.8. The van der Waals surface area contributed by atoms with Gasteiger partial charge >= 0.3 is 0 Å². The predicted molar refractivity (Wildman–Crippen MR) is 105 cm³/mol. The second-order valence-electron chi connectivity index (χ2n) is 6.32. The first-order chi connectivity index (χ1) is 12.8. The Morgan fingerprint density at radius 1 is 1.22 bits per heavy atom. The summed E-state index contributed by atoms with van der Waals surface area (Å²) in [4.78, 5) is 4.51. The van der Waals surface area contributed by atoms with Crippen LogP contribution < -0.4 is 0 Å². The minimum absolute atomic E-state index is 0.154. The molecule has 140 valence electrons. The van der Waals surface area contributed by atoms with E-state index < -0.39 is 10.0 Å². The Morgan fingerprint density at radius 3 is 2.56 bits per heavy atom. The van der Waals surface area contributed by atoms with Gasteiger partial charge in [-0.15, -0.1) is 0 Å². The Kier molecular flexibility index (Phi) is 5.56. The fourth-order valence-electron chi connectivity index (χ4n) is 2.48. The molecule has 0 saturated carbocycles. The number of aromatic nitrogens is 1. The number of nitrogens with zero attached hydrogens (tertiary/aromatic N) is 3. The molecule has 0 unspecified atom stereocenters. The number of aryl methyl sites for hydroxylation is 1. The molecule has 0 N–H and O–H groups in total. The molecule has 0 aliphatic heterocycles. The summed E-state index contributed by atoms with van der Waals surface area (Å²) in [6, 6.07) is 14.9. The van der Waals surface area contributed by atoms with E-state index >= 15 is 0 Å². The second-order valence-corrected chi connectivity index (χ2v) is 9.63. The Hall–Kier alpha value is -2.34. The molecule has 3 aromatic rings. The number of hydrogen-bond donors (Lipinski definition) is 0. The summed E-state index contributed by atoms with van der Waals surface area (Å²) in [5.74, 6) is 0. The molecule has 0 fully saturated rings. The normalized spacial score (nSPS) is 13.0. The number of nitriles is 1. The van der Waals surface area contributed by atoms with Gasteiger partial charge < -0.3 is 4.42 Å². The SMILES string of the molecule is Cc1ccc(C[C@@H](C#N)Sc2nc3cc(S(=O)(=O)N(C)C)ccc3o2)cc1. The van der Waals surface area contributed by atoms with Gasteiger partial charge in [0.15, 0.2) is 5.58 Å². The highest BCUT2D eigenvalue weighted by Crippen LogP contribution is 2.29. The van der Waals surface area contributed by atoms with Gasteiger partial charge in [0.25, 0.3) is 5.22 Å². The maximum absolute atomic E-state index is 12.3. The van der Waals surface area contributed by atoms with E-state index in [0.29, 0.717) is 22.7 Å². The molecule has 1 aromatic heterocycles. The molecule has 2 aromatic carbocycles. The standard InChI is InChI=1S/C19H19N3O3S2/c1-13-4-6-14(7-5-13)10-15(12-20)26-19-21-17-11-16(8-9-18(17)25-19)27(23,24)22(2)3/h4-9,11,15H,10H2,1-3H3/t15-/m0/s1. The van der Waals surface area contributed by atoms with Crippen molar-refractivity contribution < 1.29 is 12.8 Å². The molecule has 0 amide bonds. The van der Waals surface area contributed by atoms with Gasteiger partial charge in [0.05, 0.1) is 11.0 Å². The summed E-state index contributed by atoms with van der Waals surface area (Å²) in [6.45, 7) is 2.02. The third-order valence-electron chi connectivity index (χ3n) is 4.05. The maximum Gasteiger partial charge on any atom is 0.258 e. The van der Waals surface area contributed by atoms with Crippen molar-refractivity contribution in [2.75, 3.05) is 14.1 Å². The van der Waals surface area contributed by atoms with Crippen molar-refractivity contribution in [3.63, 3.8) is 0 Å². The summed E-state index contributed by atoms with van der Waals surface area (Å²) in [5, 5.41) is 9.46. The Balaban J connectivity index is 1.82. The molecule has 0 aliphatic carbocycles. The lowest BCUT2D eigenvalue weighted by Crippen LogP contribution is -2.22. The molecule has 1 atom stereocenters. The van der Waals surface area contributed by atoms with E-state index in [1.54, 1.807) is 6.07 Å². The number of hydrogen-bond acceptors (Lipinski definition) is 6. The molecular weight excluding hydrogens is 382 g/mol. The number of thioether (sulfide) groups is 1. The van der Waals surface area contributed by atoms with Crippen LogP contribution in [0.3, 0.4) is 0 Å². The Bertz CT molecular complexity index is 1100. The smallest absolute Gasteiger partial charge is 0.258 e. The van der Waals surface area contributed by atoms with Gasteiger partial charge in [0.1, 0.15) is 10.8 Å². The zero-order chi connectivity index (χ0) is 19.6. The van der Waals surface area contributed by atoms with E-state index in [4.69, 9.17) is 4.42 Å². The van der Waals surface area contributed by atoms with Gasteiger partial charge in [-0.1, -0.05) is 29.8 Å². The van der Waals surface area contributed by atoms with Gasteiger partial charge in [0, 0.05) is 14.1 Å². The van der Waals surface area contributed by atoms with E-state index in [9.17, 15) is 13.7 Å². The van der Waals surface area contributed by atoms with E-state index in [2.05, 4.69) is 11.1 Å². The fraction of sp³-hybridized carbons (Fsp3) is 0.263. The lowest BCUT2D eigenvalue weighted by Gasteiger charge is -2.10. The summed E-state index contributed by atoms with van der Waals surface area (Å²) >= 11 is 1.23. The molecule has 8 heteroatoms. The van der Waals surface area contributed by atoms with Gasteiger partial charge in [-0.2, -0.15) is 5.26 Å². The molecular formula is C19H19N3O3S2. The van der Waals surface area contributed by atoms with Crippen molar-refractivity contribution in [2.45, 2.75) is 28.7 Å². The average molecular weight is 402 g/mol. The van der Waals surface area contributed by atoms with Crippen LogP contribution >= 0.6 is 11.8 Å². The van der Waals surface area contributed by atoms with Crippen LogP contribution in [0.25, 0.3) is 11.1 Å². The van der Waals surface area contributed by atoms with Crippen molar-refractivity contribution in [1.82, 2.24) is 9.29 Å². The lowest BCUT2D eigenvalue weighted by atomic mass is 10.1. The van der Waals surface area contributed by atoms with Crippen LogP contribution in [-0.2, 0) is 16.4 Å². The van der Waals surface area contributed by atoms with Crippen LogP contribution in [0.1, 0.15) is 11.1 Å². The molecule has 0 radical (unpaired) electrons. The van der Waals surface area contributed by atoms with Gasteiger partial charge in [0.2, 0.25) is 10.0 Å². The first-order valence-corrected chi connectivity index (χ1v) is 10.6. The minimum Gasteiger partial charge on any atom is -0.431 e. The highest BCUT2D eigenvalue weighted by Gasteiger charge is 2.20. The van der Waals surface area contributed by atoms with E-state index in [1.807, 2.05) is 31.2 Å². The third-order valence-corrected chi connectivity index (χ3v) is 6.79. The van der Waals surface area contributed by atoms with Crippen LogP contribution in [0.15, 0.2) is 57.0 Å². The third kappa shape index (κ3) is 4.33. The van der Waals surface area contributed by atoms with E-state index in [0.717, 1.165) is 9.87 Å². The molecule has 0 saturated heterocycles. The first kappa shape index (κ1) is 19.4. The molecule has 0 aliphatic rings. The van der Waals surface area contributed by atoms with Crippen LogP contribution in [0.4, 0.5) is 0 Å². The van der Waals surface area contributed by atoms with Crippen LogP contribution in [0.2, 0.25) is 0 Å². The summed E-state index contributed by atoms with van der Waals surface area (Å²) < 4.78 is 31.3. The Morgan fingerprint density at radius 2 is 1.93 bits per heavy atom. The maximum atomic E-state index is 12.3. The monoisotopic (exact) mass is 401 g/mol. The van der Waals surface area contributed by atoms with Crippen molar-refractivity contribution in [1.29, 1.82) is 5.26 Å². The van der Waals surface area contributed by atoms with Gasteiger partial charge in [-0.05, 0) is 48.9 Å². The number of benzene rings is 2. The van der Waals surface area contributed by atoms with Crippen molar-refractivity contribution in [2.24, 2.45) is 0 Å². The fourth-order valence-corrected chi connectivity index (χ4v) is 4.26. The lowest BCUT2D eigenvalue weighted by molar-refractivity contribution is 0.488. The molecule has 27 heavy (non-hydrogen) atoms. The molecule has 1 heterocycles. The van der Waals surface area contributed by atoms with E-state index in [-0.39, 0.29) is 10.1 Å². The molecule has 0 spiro atoms. The van der Waals surface area contributed by atoms with Gasteiger partial charge in [-0.25, -0.2) is 17.7 Å². The van der Waals surface area contributed by atoms with Crippen molar-refractivity contribution in [3.8, 4) is 6.07 Å². The van der Waals surface area contributed by atoms with Crippen LogP contribution in [0.5, 0.6) is 0 Å². The Labute approximate surface area is 162 Å². The van der Waals surface area contributed by atoms with Gasteiger partial charge in [-0.3, -0.25) is 0 Å².